The molecule has 0 saturated carbocycles. The second kappa shape index (κ2) is 6.11. The van der Waals surface area contributed by atoms with Crippen molar-refractivity contribution < 1.29 is 9.59 Å². The second-order valence-electron chi connectivity index (χ2n) is 5.37. The molecule has 102 valence electrons. The molecule has 1 aromatic carbocycles. The van der Waals surface area contributed by atoms with Gasteiger partial charge in [0.15, 0.2) is 5.78 Å². The molecule has 1 aliphatic rings. The molecule has 0 aromatic heterocycles. The Balaban J connectivity index is 1.89. The lowest BCUT2D eigenvalue weighted by atomic mass is 10.00. The van der Waals surface area contributed by atoms with Crippen molar-refractivity contribution in [1.82, 2.24) is 4.90 Å². The molecule has 19 heavy (non-hydrogen) atoms. The highest BCUT2D eigenvalue weighted by Crippen LogP contribution is 2.14. The van der Waals surface area contributed by atoms with Crippen molar-refractivity contribution in [3.63, 3.8) is 0 Å². The maximum atomic E-state index is 12.2. The number of hydrogen-bond acceptors (Lipinski definition) is 3. The molecule has 0 amide bonds. The van der Waals surface area contributed by atoms with Gasteiger partial charge in [0.2, 0.25) is 0 Å². The maximum Gasteiger partial charge on any atom is 0.164 e. The molecular weight excluding hydrogens is 238 g/mol. The molecule has 3 nitrogen and oxygen atoms in total. The molecule has 0 N–H and O–H groups in total. The molecule has 0 unspecified atom stereocenters. The minimum atomic E-state index is 0.203. The van der Waals surface area contributed by atoms with Crippen LogP contribution in [0.1, 0.15) is 40.7 Å². The standard InChI is InChI=1S/C16H21NO2/c1-12-3-4-15(13(2)11-12)16(19)7-10-17-8-5-14(18)6-9-17/h3-4,11H,5-10H2,1-2H3. The van der Waals surface area contributed by atoms with Gasteiger partial charge in [-0.15, -0.1) is 0 Å². The largest absolute Gasteiger partial charge is 0.302 e. The van der Waals surface area contributed by atoms with Crippen molar-refractivity contribution in [3.05, 3.63) is 34.9 Å². The van der Waals surface area contributed by atoms with E-state index in [4.69, 9.17) is 0 Å². The number of carbonyl (C=O) groups excluding carboxylic acids is 2. The van der Waals surface area contributed by atoms with Crippen molar-refractivity contribution in [2.75, 3.05) is 19.6 Å². The molecule has 0 spiro atoms. The van der Waals surface area contributed by atoms with E-state index in [9.17, 15) is 9.59 Å². The van der Waals surface area contributed by atoms with Crippen LogP contribution in [0.2, 0.25) is 0 Å². The van der Waals surface area contributed by atoms with Crippen molar-refractivity contribution in [3.8, 4) is 0 Å². The first-order chi connectivity index (χ1) is 9.06. The lowest BCUT2D eigenvalue weighted by Crippen LogP contribution is -2.35. The third kappa shape index (κ3) is 3.74. The van der Waals surface area contributed by atoms with Crippen LogP contribution in [0.15, 0.2) is 18.2 Å². The number of rotatable bonds is 4. The first-order valence-electron chi connectivity index (χ1n) is 6.91. The lowest BCUT2D eigenvalue weighted by Gasteiger charge is -2.25. The molecule has 3 heteroatoms. The fraction of sp³-hybridized carbons (Fsp3) is 0.500. The van der Waals surface area contributed by atoms with E-state index in [-0.39, 0.29) is 5.78 Å². The molecule has 1 aliphatic heterocycles. The number of carbonyl (C=O) groups is 2. The zero-order valence-electron chi connectivity index (χ0n) is 11.7. The molecule has 1 fully saturated rings. The highest BCUT2D eigenvalue weighted by molar-refractivity contribution is 5.97. The third-order valence-electron chi connectivity index (χ3n) is 3.75. The van der Waals surface area contributed by atoms with E-state index in [1.807, 2.05) is 32.0 Å². The van der Waals surface area contributed by atoms with Gasteiger partial charge in [0.25, 0.3) is 0 Å². The van der Waals surface area contributed by atoms with Crippen molar-refractivity contribution in [2.24, 2.45) is 0 Å². The SMILES string of the molecule is Cc1ccc(C(=O)CCN2CCC(=O)CC2)c(C)c1. The first kappa shape index (κ1) is 13.9. The van der Waals surface area contributed by atoms with Crippen LogP contribution in [0.3, 0.4) is 0 Å². The van der Waals surface area contributed by atoms with Gasteiger partial charge in [-0.1, -0.05) is 23.8 Å². The second-order valence-corrected chi connectivity index (χ2v) is 5.37. The summed E-state index contributed by atoms with van der Waals surface area (Å²) in [6, 6.07) is 5.96. The Morgan fingerprint density at radius 2 is 1.89 bits per heavy atom. The van der Waals surface area contributed by atoms with Crippen LogP contribution in [0.25, 0.3) is 0 Å². The van der Waals surface area contributed by atoms with Gasteiger partial charge in [0, 0.05) is 44.5 Å². The van der Waals surface area contributed by atoms with Crippen LogP contribution in [0.4, 0.5) is 0 Å². The Morgan fingerprint density at radius 3 is 2.53 bits per heavy atom. The number of nitrogens with zero attached hydrogens (tertiary/aromatic N) is 1. The highest BCUT2D eigenvalue weighted by Gasteiger charge is 2.17. The Hall–Kier alpha value is -1.48. The maximum absolute atomic E-state index is 12.2. The van der Waals surface area contributed by atoms with Gasteiger partial charge in [0.05, 0.1) is 0 Å². The van der Waals surface area contributed by atoms with Gasteiger partial charge in [-0.05, 0) is 19.4 Å². The third-order valence-corrected chi connectivity index (χ3v) is 3.75. The summed E-state index contributed by atoms with van der Waals surface area (Å²) in [5.74, 6) is 0.548. The molecule has 1 saturated heterocycles. The number of likely N-dealkylation sites (tertiary alicyclic amines) is 1. The minimum absolute atomic E-state index is 0.203. The topological polar surface area (TPSA) is 37.4 Å². The van der Waals surface area contributed by atoms with Gasteiger partial charge < -0.3 is 4.90 Å². The van der Waals surface area contributed by atoms with Crippen LogP contribution >= 0.6 is 0 Å². The highest BCUT2D eigenvalue weighted by atomic mass is 16.1. The first-order valence-corrected chi connectivity index (χ1v) is 6.91. The van der Waals surface area contributed by atoms with E-state index in [0.29, 0.717) is 25.0 Å². The summed E-state index contributed by atoms with van der Waals surface area (Å²) >= 11 is 0. The summed E-state index contributed by atoms with van der Waals surface area (Å²) in [6.45, 7) is 6.39. The van der Waals surface area contributed by atoms with E-state index >= 15 is 0 Å². The minimum Gasteiger partial charge on any atom is -0.302 e. The Labute approximate surface area is 114 Å². The smallest absolute Gasteiger partial charge is 0.164 e. The van der Waals surface area contributed by atoms with Gasteiger partial charge in [-0.2, -0.15) is 0 Å². The monoisotopic (exact) mass is 259 g/mol. The molecule has 0 aliphatic carbocycles. The normalized spacial score (nSPS) is 16.6. The zero-order valence-corrected chi connectivity index (χ0v) is 11.7. The predicted octanol–water partition coefficient (Wildman–Crippen LogP) is 2.54. The van der Waals surface area contributed by atoms with E-state index in [1.54, 1.807) is 0 Å². The number of aryl methyl sites for hydroxylation is 2. The van der Waals surface area contributed by atoms with Crippen LogP contribution in [-0.2, 0) is 4.79 Å². The summed E-state index contributed by atoms with van der Waals surface area (Å²) in [5.41, 5.74) is 3.07. The summed E-state index contributed by atoms with van der Waals surface area (Å²) in [7, 11) is 0. The average molecular weight is 259 g/mol. The number of Topliss-reactive ketones (excluding diaryl/α,β-unsaturated/α-hetero) is 2. The van der Waals surface area contributed by atoms with Crippen molar-refractivity contribution in [2.45, 2.75) is 33.1 Å². The Bertz CT molecular complexity index is 484. The van der Waals surface area contributed by atoms with Gasteiger partial charge >= 0.3 is 0 Å². The van der Waals surface area contributed by atoms with Crippen LogP contribution < -0.4 is 0 Å². The van der Waals surface area contributed by atoms with E-state index in [0.717, 1.165) is 30.8 Å². The summed E-state index contributed by atoms with van der Waals surface area (Å²) in [4.78, 5) is 25.6. The van der Waals surface area contributed by atoms with Crippen LogP contribution in [0, 0.1) is 13.8 Å². The predicted molar refractivity (Wildman–Crippen MR) is 75.5 cm³/mol. The summed E-state index contributed by atoms with van der Waals surface area (Å²) < 4.78 is 0. The summed E-state index contributed by atoms with van der Waals surface area (Å²) in [5, 5.41) is 0. The number of hydrogen-bond donors (Lipinski definition) is 0. The molecular formula is C16H21NO2. The van der Waals surface area contributed by atoms with Crippen LogP contribution in [-0.4, -0.2) is 36.1 Å². The Morgan fingerprint density at radius 1 is 1.21 bits per heavy atom. The average Bonchev–Trinajstić information content (AvgIpc) is 2.37. The fourth-order valence-corrected chi connectivity index (χ4v) is 2.55. The fourth-order valence-electron chi connectivity index (χ4n) is 2.55. The van der Waals surface area contributed by atoms with E-state index in [1.165, 1.54) is 5.56 Å². The van der Waals surface area contributed by atoms with Gasteiger partial charge in [-0.25, -0.2) is 0 Å². The van der Waals surface area contributed by atoms with Crippen molar-refractivity contribution >= 4 is 11.6 Å². The zero-order chi connectivity index (χ0) is 13.8. The molecule has 0 radical (unpaired) electrons. The number of ketones is 2. The Kier molecular flexibility index (Phi) is 4.48. The van der Waals surface area contributed by atoms with Gasteiger partial charge in [0.1, 0.15) is 5.78 Å². The molecule has 1 heterocycles. The van der Waals surface area contributed by atoms with E-state index in [2.05, 4.69) is 4.90 Å². The number of benzene rings is 1. The van der Waals surface area contributed by atoms with E-state index < -0.39 is 0 Å². The summed E-state index contributed by atoms with van der Waals surface area (Å²) in [6.07, 6.45) is 1.81. The quantitative estimate of drug-likeness (QED) is 0.780. The molecule has 0 atom stereocenters. The molecule has 0 bridgehead atoms. The lowest BCUT2D eigenvalue weighted by molar-refractivity contribution is -0.121. The van der Waals surface area contributed by atoms with Crippen molar-refractivity contribution in [1.29, 1.82) is 0 Å². The molecule has 1 aromatic rings. The number of piperidine rings is 1. The molecule has 2 rings (SSSR count). The van der Waals surface area contributed by atoms with Gasteiger partial charge in [-0.3, -0.25) is 9.59 Å². The van der Waals surface area contributed by atoms with Crippen LogP contribution in [0.5, 0.6) is 0 Å².